The number of thiophene rings is 1. The Labute approximate surface area is 408 Å². The minimum Gasteiger partial charge on any atom is -0.456 e. The van der Waals surface area contributed by atoms with Gasteiger partial charge in [-0.1, -0.05) is 166 Å². The van der Waals surface area contributed by atoms with Gasteiger partial charge in [0.1, 0.15) is 22.3 Å². The molecule has 0 saturated heterocycles. The van der Waals surface area contributed by atoms with E-state index in [4.69, 9.17) is 36.9 Å². The number of para-hydroxylation sites is 2. The lowest BCUT2D eigenvalue weighted by molar-refractivity contribution is 0.668. The first-order valence-electron chi connectivity index (χ1n) is 23.4. The van der Waals surface area contributed by atoms with E-state index in [1.807, 2.05) is 59.9 Å². The first kappa shape index (κ1) is 41.3. The second-order valence-corrected chi connectivity index (χ2v) is 18.8. The van der Waals surface area contributed by atoms with Crippen LogP contribution in [0.1, 0.15) is 23.3 Å². The molecule has 5 heterocycles. The largest absolute Gasteiger partial charge is 0.456 e. The molecule has 1 unspecified atom stereocenters. The third-order valence-electron chi connectivity index (χ3n) is 13.4. The fourth-order valence-corrected chi connectivity index (χ4v) is 11.2. The van der Waals surface area contributed by atoms with Crippen LogP contribution in [0.15, 0.2) is 234 Å². The molecule has 13 rings (SSSR count). The normalized spacial score (nSPS) is 14.6. The van der Waals surface area contributed by atoms with Gasteiger partial charge >= 0.3 is 0 Å². The monoisotopic (exact) mass is 918 g/mol. The number of furan rings is 2. The Bertz CT molecular complexity index is 3950. The van der Waals surface area contributed by atoms with Crippen molar-refractivity contribution in [3.8, 4) is 56.4 Å². The van der Waals surface area contributed by atoms with Gasteiger partial charge in [-0.25, -0.2) is 15.0 Å². The van der Waals surface area contributed by atoms with E-state index >= 15 is 0 Å². The summed E-state index contributed by atoms with van der Waals surface area (Å²) in [6.07, 6.45) is 8.54. The lowest BCUT2D eigenvalue weighted by atomic mass is 9.90. The van der Waals surface area contributed by atoms with Crippen LogP contribution in [0.4, 0.5) is 5.69 Å². The molecular weight excluding hydrogens is 877 g/mol. The van der Waals surface area contributed by atoms with Crippen molar-refractivity contribution >= 4 is 76.7 Å². The van der Waals surface area contributed by atoms with Gasteiger partial charge in [-0.2, -0.15) is 0 Å². The molecule has 8 aromatic carbocycles. The third-order valence-corrected chi connectivity index (χ3v) is 14.7. The van der Waals surface area contributed by atoms with Gasteiger partial charge in [0.2, 0.25) is 0 Å². The fourth-order valence-electron chi connectivity index (χ4n) is 9.98. The van der Waals surface area contributed by atoms with E-state index in [1.165, 1.54) is 15.0 Å². The molecule has 0 saturated carbocycles. The van der Waals surface area contributed by atoms with E-state index in [2.05, 4.69) is 170 Å². The molecule has 0 N–H and O–H groups in total. The number of hydrogen-bond donors (Lipinski definition) is 0. The fraction of sp³-hybridized carbons (Fsp3) is 0.0317. The number of hydrogen-bond acceptors (Lipinski definition) is 7. The van der Waals surface area contributed by atoms with Crippen molar-refractivity contribution in [3.05, 3.63) is 236 Å². The molecule has 70 heavy (non-hydrogen) atoms. The number of aromatic nitrogens is 3. The van der Waals surface area contributed by atoms with Gasteiger partial charge in [-0.15, -0.1) is 11.3 Å². The Hall–Kier alpha value is -8.91. The maximum absolute atomic E-state index is 6.41. The Balaban J connectivity index is 1.08. The van der Waals surface area contributed by atoms with Crippen LogP contribution in [0.5, 0.6) is 0 Å². The van der Waals surface area contributed by atoms with Gasteiger partial charge < -0.3 is 13.7 Å². The second kappa shape index (κ2) is 16.7. The maximum Gasteiger partial charge on any atom is 0.164 e. The Morgan fingerprint density at radius 1 is 0.471 bits per heavy atom. The van der Waals surface area contributed by atoms with Crippen LogP contribution >= 0.6 is 11.3 Å². The van der Waals surface area contributed by atoms with Crippen LogP contribution < -0.4 is 4.90 Å². The minimum absolute atomic E-state index is 0.152. The molecule has 7 heteroatoms. The lowest BCUT2D eigenvalue weighted by Crippen LogP contribution is -2.21. The standard InChI is InChI=1S/C63H42N4O2S/c1-38-18-10-11-19-39(2)67(40(3)58-50-26-14-17-29-57(50)70-60(38)58)59-51(41-20-6-4-7-21-41)34-45(35-52(59)42-22-8-5-9-23-42)63-65-61(43-30-32-48-46-24-12-15-27-53(46)68-55(48)36-43)64-62(66-63)44-31-33-49-47-25-13-16-28-54(47)69-56(49)37-44/h4-38H,2-3H2,1H3/b18-10?,19-11-. The van der Waals surface area contributed by atoms with Crippen molar-refractivity contribution in [2.24, 2.45) is 0 Å². The summed E-state index contributed by atoms with van der Waals surface area (Å²) in [6.45, 7) is 12.0. The van der Waals surface area contributed by atoms with Gasteiger partial charge in [-0.05, 0) is 71.8 Å². The van der Waals surface area contributed by atoms with Gasteiger partial charge in [0.25, 0.3) is 0 Å². The van der Waals surface area contributed by atoms with Gasteiger partial charge in [0.15, 0.2) is 17.5 Å². The Morgan fingerprint density at radius 2 is 0.957 bits per heavy atom. The summed E-state index contributed by atoms with van der Waals surface area (Å²) in [6, 6.07) is 62.7. The average Bonchev–Trinajstić information content (AvgIpc) is 4.11. The first-order valence-corrected chi connectivity index (χ1v) is 24.2. The van der Waals surface area contributed by atoms with E-state index in [0.29, 0.717) is 17.5 Å². The predicted octanol–water partition coefficient (Wildman–Crippen LogP) is 17.4. The van der Waals surface area contributed by atoms with Crippen molar-refractivity contribution in [3.63, 3.8) is 0 Å². The summed E-state index contributed by atoms with van der Waals surface area (Å²) in [5.74, 6) is 1.69. The molecule has 332 valence electrons. The molecule has 12 aromatic rings. The third kappa shape index (κ3) is 6.97. The zero-order chi connectivity index (χ0) is 46.9. The van der Waals surface area contributed by atoms with Crippen molar-refractivity contribution < 1.29 is 8.83 Å². The number of allylic oxidation sites excluding steroid dienone is 4. The summed E-state index contributed by atoms with van der Waals surface area (Å²) < 4.78 is 14.0. The van der Waals surface area contributed by atoms with Crippen molar-refractivity contribution in [2.75, 3.05) is 4.90 Å². The van der Waals surface area contributed by atoms with Crippen LogP contribution in [-0.2, 0) is 0 Å². The van der Waals surface area contributed by atoms with Gasteiger partial charge in [-0.3, -0.25) is 0 Å². The van der Waals surface area contributed by atoms with Gasteiger partial charge in [0.05, 0.1) is 5.69 Å². The number of nitrogens with zero attached hydrogens (tertiary/aromatic N) is 4. The molecule has 0 fully saturated rings. The van der Waals surface area contributed by atoms with Crippen LogP contribution in [0.2, 0.25) is 0 Å². The van der Waals surface area contributed by atoms with E-state index in [1.54, 1.807) is 0 Å². The smallest absolute Gasteiger partial charge is 0.164 e. The van der Waals surface area contributed by atoms with E-state index < -0.39 is 0 Å². The number of benzene rings is 8. The predicted molar refractivity (Wildman–Crippen MR) is 291 cm³/mol. The van der Waals surface area contributed by atoms with E-state index in [0.717, 1.165) is 105 Å². The summed E-state index contributed by atoms with van der Waals surface area (Å²) >= 11 is 1.82. The molecule has 0 amide bonds. The SMILES string of the molecule is C=C1/C=C\C=CC(C)c2sc3ccccc3c2C(=C)N1c1c(-c2ccccc2)cc(-c2nc(-c3ccc4c(c3)oc3ccccc34)nc(-c3ccc4c(c3)oc3ccccc34)n2)cc1-c1ccccc1. The van der Waals surface area contributed by atoms with Crippen molar-refractivity contribution in [1.82, 2.24) is 15.0 Å². The van der Waals surface area contributed by atoms with Crippen molar-refractivity contribution in [2.45, 2.75) is 12.8 Å². The molecule has 0 spiro atoms. The maximum atomic E-state index is 6.41. The van der Waals surface area contributed by atoms with Crippen LogP contribution in [0.25, 0.3) is 116 Å². The highest BCUT2D eigenvalue weighted by Gasteiger charge is 2.29. The summed E-state index contributed by atoms with van der Waals surface area (Å²) in [4.78, 5) is 19.5. The van der Waals surface area contributed by atoms with Gasteiger partial charge in [0, 0.05) is 87.2 Å². The highest BCUT2D eigenvalue weighted by Crippen LogP contribution is 2.50. The molecule has 1 aliphatic rings. The van der Waals surface area contributed by atoms with Crippen LogP contribution in [0, 0.1) is 0 Å². The topological polar surface area (TPSA) is 68.2 Å². The molecule has 4 aromatic heterocycles. The number of anilines is 1. The highest BCUT2D eigenvalue weighted by molar-refractivity contribution is 7.19. The zero-order valence-corrected chi connectivity index (χ0v) is 39.0. The molecular formula is C63H42N4O2S. The second-order valence-electron chi connectivity index (χ2n) is 17.7. The van der Waals surface area contributed by atoms with Crippen LogP contribution in [-0.4, -0.2) is 15.0 Å². The van der Waals surface area contributed by atoms with Crippen LogP contribution in [0.3, 0.4) is 0 Å². The minimum atomic E-state index is 0.152. The van der Waals surface area contributed by atoms with E-state index in [9.17, 15) is 0 Å². The Kier molecular flexibility index (Phi) is 9.85. The Morgan fingerprint density at radius 3 is 1.53 bits per heavy atom. The summed E-state index contributed by atoms with van der Waals surface area (Å²) in [5.41, 5.74) is 13.2. The average molecular weight is 919 g/mol. The summed E-state index contributed by atoms with van der Waals surface area (Å²) in [5, 5.41) is 5.34. The highest BCUT2D eigenvalue weighted by atomic mass is 32.1. The van der Waals surface area contributed by atoms with E-state index in [-0.39, 0.29) is 5.92 Å². The molecule has 0 radical (unpaired) electrons. The first-order chi connectivity index (χ1) is 34.4. The lowest BCUT2D eigenvalue weighted by Gasteiger charge is -2.33. The molecule has 0 bridgehead atoms. The van der Waals surface area contributed by atoms with Crippen molar-refractivity contribution in [1.29, 1.82) is 0 Å². The molecule has 1 aliphatic heterocycles. The zero-order valence-electron chi connectivity index (χ0n) is 38.1. The quantitative estimate of drug-likeness (QED) is 0.166. The molecule has 1 atom stereocenters. The number of fused-ring (bicyclic) bond motifs is 9. The molecule has 0 aliphatic carbocycles. The summed E-state index contributed by atoms with van der Waals surface area (Å²) in [7, 11) is 0. The number of rotatable bonds is 6. The molecule has 6 nitrogen and oxygen atoms in total.